The van der Waals surface area contributed by atoms with Crippen LogP contribution < -0.4 is 5.32 Å². The predicted molar refractivity (Wildman–Crippen MR) is 129 cm³/mol. The highest BCUT2D eigenvalue weighted by Crippen LogP contribution is 2.38. The molecule has 0 spiro atoms. The van der Waals surface area contributed by atoms with E-state index in [0.29, 0.717) is 5.56 Å². The van der Waals surface area contributed by atoms with E-state index in [4.69, 9.17) is 4.99 Å². The molecule has 0 aliphatic carbocycles. The highest BCUT2D eigenvalue weighted by molar-refractivity contribution is 5.91. The monoisotopic (exact) mass is 420 g/mol. The Morgan fingerprint density at radius 3 is 1.97 bits per heavy atom. The standard InChI is InChI=1S/C29H25FN2/c1-20(24-17-18-25(26(30)19-24)21-11-5-2-6-12-21)29-31-27(22-13-7-3-8-14-22)28(32-29)23-15-9-4-10-16-23/h2-20,27-28H,1H3,(H,31,32). The molecule has 5 rings (SSSR count). The normalized spacial score (nSPS) is 18.6. The molecule has 0 aromatic heterocycles. The summed E-state index contributed by atoms with van der Waals surface area (Å²) in [5.74, 6) is 0.632. The van der Waals surface area contributed by atoms with Gasteiger partial charge < -0.3 is 5.32 Å². The van der Waals surface area contributed by atoms with Gasteiger partial charge in [-0.05, 0) is 28.3 Å². The van der Waals surface area contributed by atoms with Crippen molar-refractivity contribution in [3.05, 3.63) is 132 Å². The van der Waals surface area contributed by atoms with E-state index < -0.39 is 0 Å². The zero-order valence-electron chi connectivity index (χ0n) is 17.9. The summed E-state index contributed by atoms with van der Waals surface area (Å²) < 4.78 is 15.0. The maximum Gasteiger partial charge on any atom is 0.131 e. The summed E-state index contributed by atoms with van der Waals surface area (Å²) in [5, 5.41) is 3.65. The summed E-state index contributed by atoms with van der Waals surface area (Å²) in [4.78, 5) is 5.09. The summed E-state index contributed by atoms with van der Waals surface area (Å²) in [6.07, 6.45) is 0. The second kappa shape index (κ2) is 8.80. The first-order chi connectivity index (χ1) is 15.7. The van der Waals surface area contributed by atoms with Gasteiger partial charge >= 0.3 is 0 Å². The lowest BCUT2D eigenvalue weighted by molar-refractivity contribution is 0.571. The van der Waals surface area contributed by atoms with E-state index in [1.54, 1.807) is 6.07 Å². The van der Waals surface area contributed by atoms with Gasteiger partial charge in [0.2, 0.25) is 0 Å². The van der Waals surface area contributed by atoms with Crippen LogP contribution in [0.1, 0.15) is 41.6 Å². The smallest absolute Gasteiger partial charge is 0.131 e. The van der Waals surface area contributed by atoms with Crippen molar-refractivity contribution in [2.24, 2.45) is 4.99 Å². The van der Waals surface area contributed by atoms with Gasteiger partial charge in [0.15, 0.2) is 0 Å². The van der Waals surface area contributed by atoms with E-state index in [9.17, 15) is 0 Å². The molecule has 0 radical (unpaired) electrons. The van der Waals surface area contributed by atoms with Crippen molar-refractivity contribution >= 4 is 5.84 Å². The molecule has 3 atom stereocenters. The molecule has 0 saturated heterocycles. The van der Waals surface area contributed by atoms with Crippen molar-refractivity contribution in [1.82, 2.24) is 5.32 Å². The maximum atomic E-state index is 15.0. The lowest BCUT2D eigenvalue weighted by atomic mass is 9.94. The van der Waals surface area contributed by atoms with Gasteiger partial charge in [0, 0.05) is 11.5 Å². The minimum absolute atomic E-state index is 0.0236. The summed E-state index contributed by atoms with van der Waals surface area (Å²) in [5.41, 5.74) is 4.77. The SMILES string of the molecule is CC(C1=NC(c2ccccc2)C(c2ccccc2)N1)c1ccc(-c2ccccc2)c(F)c1. The highest BCUT2D eigenvalue weighted by atomic mass is 19.1. The van der Waals surface area contributed by atoms with E-state index in [1.807, 2.05) is 66.7 Å². The first kappa shape index (κ1) is 20.2. The Morgan fingerprint density at radius 2 is 1.34 bits per heavy atom. The minimum atomic E-state index is -0.210. The van der Waals surface area contributed by atoms with E-state index >= 15 is 4.39 Å². The van der Waals surface area contributed by atoms with Crippen LogP contribution in [0.5, 0.6) is 0 Å². The fourth-order valence-electron chi connectivity index (χ4n) is 4.39. The Labute approximate surface area is 188 Å². The van der Waals surface area contributed by atoms with Crippen LogP contribution in [0.4, 0.5) is 4.39 Å². The number of aliphatic imine (C=N–C) groups is 1. The first-order valence-corrected chi connectivity index (χ1v) is 11.0. The quantitative estimate of drug-likeness (QED) is 0.366. The third kappa shape index (κ3) is 3.94. The number of halogens is 1. The summed E-state index contributed by atoms with van der Waals surface area (Å²) >= 11 is 0. The molecule has 0 bridgehead atoms. The first-order valence-electron chi connectivity index (χ1n) is 11.0. The number of hydrogen-bond donors (Lipinski definition) is 1. The van der Waals surface area contributed by atoms with Gasteiger partial charge in [-0.2, -0.15) is 0 Å². The number of benzene rings is 4. The van der Waals surface area contributed by atoms with Crippen molar-refractivity contribution in [3.8, 4) is 11.1 Å². The lowest BCUT2D eigenvalue weighted by Crippen LogP contribution is -2.28. The van der Waals surface area contributed by atoms with E-state index in [-0.39, 0.29) is 23.8 Å². The number of rotatable bonds is 5. The molecule has 0 amide bonds. The molecule has 2 nitrogen and oxygen atoms in total. The summed E-state index contributed by atoms with van der Waals surface area (Å²) in [7, 11) is 0. The Hall–Kier alpha value is -3.72. The van der Waals surface area contributed by atoms with Gasteiger partial charge in [-0.15, -0.1) is 0 Å². The number of nitrogens with zero attached hydrogens (tertiary/aromatic N) is 1. The molecule has 4 aromatic carbocycles. The van der Waals surface area contributed by atoms with Crippen molar-refractivity contribution in [1.29, 1.82) is 0 Å². The topological polar surface area (TPSA) is 24.4 Å². The Balaban J connectivity index is 1.47. The average Bonchev–Trinajstić information content (AvgIpc) is 3.31. The average molecular weight is 421 g/mol. The minimum Gasteiger partial charge on any atom is -0.364 e. The van der Waals surface area contributed by atoms with Crippen molar-refractivity contribution in [2.75, 3.05) is 0 Å². The molecule has 3 unspecified atom stereocenters. The van der Waals surface area contributed by atoms with Gasteiger partial charge in [0.1, 0.15) is 17.7 Å². The highest BCUT2D eigenvalue weighted by Gasteiger charge is 2.33. The Morgan fingerprint density at radius 1 is 0.750 bits per heavy atom. The van der Waals surface area contributed by atoms with Crippen LogP contribution in [-0.2, 0) is 0 Å². The van der Waals surface area contributed by atoms with Crippen LogP contribution in [0, 0.1) is 5.82 Å². The van der Waals surface area contributed by atoms with Gasteiger partial charge in [-0.25, -0.2) is 4.39 Å². The molecule has 1 aliphatic heterocycles. The Kier molecular flexibility index (Phi) is 5.55. The molecule has 32 heavy (non-hydrogen) atoms. The van der Waals surface area contributed by atoms with E-state index in [1.165, 1.54) is 11.1 Å². The summed E-state index contributed by atoms with van der Waals surface area (Å²) in [6, 6.07) is 35.9. The van der Waals surface area contributed by atoms with Gasteiger partial charge in [0.25, 0.3) is 0 Å². The van der Waals surface area contributed by atoms with Crippen LogP contribution >= 0.6 is 0 Å². The molecule has 3 heteroatoms. The van der Waals surface area contributed by atoms with E-state index in [0.717, 1.165) is 17.0 Å². The molecular formula is C29H25FN2. The molecule has 158 valence electrons. The second-order valence-electron chi connectivity index (χ2n) is 8.23. The van der Waals surface area contributed by atoms with Crippen LogP contribution in [0.15, 0.2) is 114 Å². The molecule has 1 N–H and O–H groups in total. The zero-order chi connectivity index (χ0) is 21.9. The number of nitrogens with one attached hydrogen (secondary N) is 1. The largest absolute Gasteiger partial charge is 0.364 e. The van der Waals surface area contributed by atoms with Crippen LogP contribution in [0.2, 0.25) is 0 Å². The van der Waals surface area contributed by atoms with Crippen molar-refractivity contribution in [2.45, 2.75) is 24.9 Å². The van der Waals surface area contributed by atoms with Crippen LogP contribution in [0.25, 0.3) is 11.1 Å². The molecule has 1 aliphatic rings. The molecule has 1 heterocycles. The molecule has 0 saturated carbocycles. The maximum absolute atomic E-state index is 15.0. The third-order valence-electron chi connectivity index (χ3n) is 6.19. The molecular weight excluding hydrogens is 395 g/mol. The number of amidine groups is 1. The van der Waals surface area contributed by atoms with Gasteiger partial charge in [0.05, 0.1) is 6.04 Å². The van der Waals surface area contributed by atoms with Crippen molar-refractivity contribution in [3.63, 3.8) is 0 Å². The van der Waals surface area contributed by atoms with Gasteiger partial charge in [-0.1, -0.05) is 110 Å². The Bertz CT molecular complexity index is 1220. The van der Waals surface area contributed by atoms with Crippen LogP contribution in [-0.4, -0.2) is 5.84 Å². The second-order valence-corrected chi connectivity index (χ2v) is 8.23. The summed E-state index contributed by atoms with van der Waals surface area (Å²) in [6.45, 7) is 2.08. The van der Waals surface area contributed by atoms with Crippen LogP contribution in [0.3, 0.4) is 0 Å². The zero-order valence-corrected chi connectivity index (χ0v) is 17.9. The fourth-order valence-corrected chi connectivity index (χ4v) is 4.39. The molecule has 0 fully saturated rings. The predicted octanol–water partition coefficient (Wildman–Crippen LogP) is 7.08. The van der Waals surface area contributed by atoms with E-state index in [2.05, 4.69) is 48.6 Å². The number of hydrogen-bond acceptors (Lipinski definition) is 2. The third-order valence-corrected chi connectivity index (χ3v) is 6.19. The van der Waals surface area contributed by atoms with Crippen molar-refractivity contribution < 1.29 is 4.39 Å². The fraction of sp³-hybridized carbons (Fsp3) is 0.138. The van der Waals surface area contributed by atoms with Gasteiger partial charge in [-0.3, -0.25) is 4.99 Å². The molecule has 4 aromatic rings. The lowest BCUT2D eigenvalue weighted by Gasteiger charge is -2.20.